The third-order valence-electron chi connectivity index (χ3n) is 6.54. The second-order valence-corrected chi connectivity index (χ2v) is 7.69. The summed E-state index contributed by atoms with van der Waals surface area (Å²) in [5, 5.41) is 23.1. The number of epoxide rings is 2. The minimum Gasteiger partial charge on any atom is -0.446 e. The van der Waals surface area contributed by atoms with Crippen LogP contribution >= 0.6 is 0 Å². The van der Waals surface area contributed by atoms with E-state index in [-0.39, 0.29) is 0 Å². The highest BCUT2D eigenvalue weighted by Gasteiger charge is 2.99. The summed E-state index contributed by atoms with van der Waals surface area (Å²) in [4.78, 5) is 13.0. The Hall–Kier alpha value is -2.45. The van der Waals surface area contributed by atoms with Crippen molar-refractivity contribution in [3.05, 3.63) is 48.6 Å². The molecule has 2 aromatic rings. The first-order valence-electron chi connectivity index (χ1n) is 8.89. The number of rotatable bonds is 0. The molecule has 2 aromatic carbocycles. The van der Waals surface area contributed by atoms with E-state index in [0.717, 1.165) is 10.8 Å². The van der Waals surface area contributed by atoms with Gasteiger partial charge in [0.05, 0.1) is 5.39 Å². The number of ether oxygens (including phenoxy) is 4. The molecule has 1 spiro atoms. The minimum absolute atomic E-state index is 0.410. The SMILES string of the molecule is O=C1[13CH]=C[13C@H](O)[C@@]23O[13C@@]12C1(O[13c]2c[13cH]c[13c]4c[13cH]c[13c](c24)O1)[13C@@H]1O[C@@H]1[13C@@H]3O. The van der Waals surface area contributed by atoms with Gasteiger partial charge in [-0.25, -0.2) is 0 Å². The second kappa shape index (κ2) is 4.02. The normalized spacial score (nSPS) is 44.0. The first kappa shape index (κ1) is 14.6. The Morgan fingerprint density at radius 2 is 1.70 bits per heavy atom. The van der Waals surface area contributed by atoms with Gasteiger partial charge in [0.1, 0.15) is 29.8 Å². The first-order chi connectivity index (χ1) is 13.1. The Balaban J connectivity index is 1.50. The van der Waals surface area contributed by atoms with E-state index in [0.29, 0.717) is 11.5 Å². The van der Waals surface area contributed by atoms with Gasteiger partial charge in [0.25, 0.3) is 0 Å². The molecule has 1 saturated carbocycles. The second-order valence-electron chi connectivity index (χ2n) is 7.69. The van der Waals surface area contributed by atoms with Crippen molar-refractivity contribution in [2.75, 3.05) is 0 Å². The van der Waals surface area contributed by atoms with Crippen LogP contribution < -0.4 is 9.47 Å². The van der Waals surface area contributed by atoms with Gasteiger partial charge in [-0.3, -0.25) is 4.79 Å². The zero-order chi connectivity index (χ0) is 18.2. The van der Waals surface area contributed by atoms with Crippen LogP contribution in [-0.4, -0.2) is 57.4 Å². The first-order valence-corrected chi connectivity index (χ1v) is 8.89. The summed E-state index contributed by atoms with van der Waals surface area (Å²) in [5.74, 6) is -0.916. The molecule has 7 nitrogen and oxygen atoms in total. The molecule has 2 N–H and O–H groups in total. The largest absolute Gasteiger partial charge is 0.446 e. The van der Waals surface area contributed by atoms with Crippen LogP contribution in [0, 0.1) is 0 Å². The van der Waals surface area contributed by atoms with Gasteiger partial charge in [-0.2, -0.15) is 0 Å². The Kier molecular flexibility index (Phi) is 2.17. The molecule has 0 unspecified atom stereocenters. The molecule has 3 heterocycles. The van der Waals surface area contributed by atoms with Gasteiger partial charge in [-0.05, 0) is 29.7 Å². The lowest BCUT2D eigenvalue weighted by atomic mass is 10.1. The fraction of sp³-hybridized carbons (Fsp3) is 0.350. The van der Waals surface area contributed by atoms with Gasteiger partial charge in [0.2, 0.25) is 5.60 Å². The number of carbonyl (C=O) groups excluding carboxylic acids is 1. The molecule has 3 fully saturated rings. The minimum atomic E-state index is -1.67. The van der Waals surface area contributed by atoms with Gasteiger partial charge in [-0.15, -0.1) is 0 Å². The number of benzene rings is 2. The van der Waals surface area contributed by atoms with Crippen LogP contribution in [0.15, 0.2) is 48.6 Å². The molecule has 5 aliphatic rings. The molecule has 7 heteroatoms. The molecule has 6 atom stereocenters. The van der Waals surface area contributed by atoms with Crippen molar-refractivity contribution in [3.8, 4) is 11.5 Å². The van der Waals surface area contributed by atoms with Crippen molar-refractivity contribution in [3.63, 3.8) is 0 Å². The summed E-state index contributed by atoms with van der Waals surface area (Å²) < 4.78 is 24.2. The van der Waals surface area contributed by atoms with Crippen molar-refractivity contribution in [2.45, 2.75) is 41.4 Å². The zero-order valence-corrected chi connectivity index (χ0v) is 13.9. The highest BCUT2D eigenvalue weighted by molar-refractivity contribution is 6.05. The fourth-order valence-corrected chi connectivity index (χ4v) is 5.30. The molecular weight excluding hydrogens is 362 g/mol. The number of ketones is 1. The predicted octanol–water partition coefficient (Wildman–Crippen LogP) is 0.457. The average Bonchev–Trinajstić information content (AvgIpc) is 3.57. The van der Waals surface area contributed by atoms with Gasteiger partial charge in [-0.1, -0.05) is 24.3 Å². The lowest BCUT2D eigenvalue weighted by Gasteiger charge is -2.45. The van der Waals surface area contributed by atoms with Gasteiger partial charge >= 0.3 is 5.79 Å². The van der Waals surface area contributed by atoms with Crippen molar-refractivity contribution >= 4 is 16.6 Å². The van der Waals surface area contributed by atoms with E-state index in [9.17, 15) is 15.0 Å². The van der Waals surface area contributed by atoms with Gasteiger partial charge in [0.15, 0.2) is 17.5 Å². The average molecular weight is 376 g/mol. The van der Waals surface area contributed by atoms with Crippen LogP contribution in [-0.2, 0) is 14.3 Å². The summed E-state index contributed by atoms with van der Waals surface area (Å²) >= 11 is 0. The molecule has 27 heavy (non-hydrogen) atoms. The van der Waals surface area contributed by atoms with E-state index in [1.807, 2.05) is 24.3 Å². The Bertz CT molecular complexity index is 1050. The van der Waals surface area contributed by atoms with Crippen LogP contribution in [0.5, 0.6) is 11.5 Å². The van der Waals surface area contributed by atoms with E-state index >= 15 is 0 Å². The smallest absolute Gasteiger partial charge is 0.320 e. The van der Waals surface area contributed by atoms with E-state index < -0.39 is 47.2 Å². The number of carbonyl (C=O) groups is 1. The maximum absolute atomic E-state index is 13.0. The molecule has 0 radical (unpaired) electrons. The third-order valence-corrected chi connectivity index (χ3v) is 6.54. The molecule has 0 amide bonds. The summed E-state index contributed by atoms with van der Waals surface area (Å²) in [7, 11) is 0. The Labute approximate surface area is 152 Å². The summed E-state index contributed by atoms with van der Waals surface area (Å²) in [5.41, 5.74) is -3.20. The lowest BCUT2D eigenvalue weighted by molar-refractivity contribution is -0.191. The highest BCUT2D eigenvalue weighted by atomic mass is 16.9. The molecule has 7 rings (SSSR count). The summed E-state index contributed by atoms with van der Waals surface area (Å²) in [6.07, 6.45) is -1.05. The quantitative estimate of drug-likeness (QED) is 0.509. The van der Waals surface area contributed by atoms with Crippen LogP contribution in [0.3, 0.4) is 0 Å². The summed E-state index contributed by atoms with van der Waals surface area (Å²) in [6, 6.07) is 11.2. The standard InChI is InChI=1S/C20H14O7/c21-12-7-8-13(22)19-18(12,27-19)16(23)15-17(24-15)20(19)25-10-5-1-3-9-4-2-6-11(26-20)14(9)10/h1-8,12,15-17,21,23H/t12-,15+,16-,17+,18-,19-/m0/s1/i1+1,2+1,8+1,9+1,10+1,11+1,12+1,16+1,17+1,19+1. The molecule has 0 bridgehead atoms. The topological polar surface area (TPSA) is 101 Å². The number of fused-ring (bicyclic) bond motifs is 2. The molecule has 136 valence electrons. The monoisotopic (exact) mass is 376 g/mol. The molecule has 2 aliphatic carbocycles. The number of hydrogen-bond donors (Lipinski definition) is 2. The Morgan fingerprint density at radius 1 is 1.00 bits per heavy atom. The van der Waals surface area contributed by atoms with Crippen LogP contribution in [0.25, 0.3) is 10.8 Å². The maximum Gasteiger partial charge on any atom is 0.320 e. The summed E-state index contributed by atoms with van der Waals surface area (Å²) in [6.45, 7) is 0. The number of aliphatic hydroxyl groups excluding tert-OH is 2. The highest BCUT2D eigenvalue weighted by Crippen LogP contribution is 2.71. The predicted molar refractivity (Wildman–Crippen MR) is 89.3 cm³/mol. The molecule has 0 aromatic heterocycles. The van der Waals surface area contributed by atoms with Crippen molar-refractivity contribution < 1.29 is 34.0 Å². The molecule has 3 aliphatic heterocycles. The molecular formula is C20H14O7. The lowest BCUT2D eigenvalue weighted by Crippen LogP contribution is -2.73. The van der Waals surface area contributed by atoms with Crippen molar-refractivity contribution in [1.82, 2.24) is 0 Å². The fourth-order valence-electron chi connectivity index (χ4n) is 5.30. The van der Waals surface area contributed by atoms with Crippen LogP contribution in [0.2, 0.25) is 0 Å². The maximum atomic E-state index is 13.0. The zero-order valence-electron chi connectivity index (χ0n) is 13.9. The van der Waals surface area contributed by atoms with E-state index in [2.05, 4.69) is 0 Å². The third kappa shape index (κ3) is 1.28. The van der Waals surface area contributed by atoms with Crippen LogP contribution in [0.1, 0.15) is 0 Å². The van der Waals surface area contributed by atoms with E-state index in [4.69, 9.17) is 18.9 Å². The Morgan fingerprint density at radius 3 is 2.41 bits per heavy atom. The van der Waals surface area contributed by atoms with Crippen molar-refractivity contribution in [2.24, 2.45) is 0 Å². The van der Waals surface area contributed by atoms with E-state index in [1.54, 1.807) is 12.1 Å². The van der Waals surface area contributed by atoms with Gasteiger partial charge < -0.3 is 29.2 Å². The van der Waals surface area contributed by atoms with E-state index in [1.165, 1.54) is 12.2 Å². The van der Waals surface area contributed by atoms with Gasteiger partial charge in [0, 0.05) is 0 Å². The number of aliphatic hydroxyl groups is 2. The van der Waals surface area contributed by atoms with Crippen molar-refractivity contribution in [1.29, 1.82) is 0 Å². The number of hydrogen-bond acceptors (Lipinski definition) is 7. The molecule has 2 saturated heterocycles. The van der Waals surface area contributed by atoms with Crippen LogP contribution in [0.4, 0.5) is 0 Å².